The van der Waals surface area contributed by atoms with E-state index in [1.165, 1.54) is 4.90 Å². The Labute approximate surface area is 101 Å². The van der Waals surface area contributed by atoms with Crippen LogP contribution in [0.1, 0.15) is 0 Å². The third-order valence-corrected chi connectivity index (χ3v) is 4.58. The van der Waals surface area contributed by atoms with Gasteiger partial charge in [-0.1, -0.05) is 22.8 Å². The van der Waals surface area contributed by atoms with E-state index < -0.39 is 7.80 Å². The molecule has 2 aromatic carbocycles. The number of thioether (sulfide) groups is 1. The summed E-state index contributed by atoms with van der Waals surface area (Å²) in [6.45, 7) is 0. The summed E-state index contributed by atoms with van der Waals surface area (Å²) in [5, 5.41) is 1.77. The minimum Gasteiger partial charge on any atom is -0.130 e. The Morgan fingerprint density at radius 2 is 1.44 bits per heavy atom. The fraction of sp³-hybridized carbons (Fsp3) is 0.0769. The molecule has 80 valence electrons. The summed E-state index contributed by atoms with van der Waals surface area (Å²) in [5.41, 5.74) is 0. The van der Waals surface area contributed by atoms with Crippen molar-refractivity contribution < 1.29 is 4.57 Å². The molecule has 0 heterocycles. The third-order valence-electron chi connectivity index (χ3n) is 2.30. The van der Waals surface area contributed by atoms with Gasteiger partial charge in [-0.3, -0.25) is 0 Å². The zero-order chi connectivity index (χ0) is 11.4. The Kier molecular flexibility index (Phi) is 3.76. The maximum atomic E-state index is 12.2. The van der Waals surface area contributed by atoms with E-state index in [4.69, 9.17) is 0 Å². The van der Waals surface area contributed by atoms with Crippen LogP contribution in [-0.2, 0) is 4.57 Å². The summed E-state index contributed by atoms with van der Waals surface area (Å²) >= 11 is 1.69. The smallest absolute Gasteiger partial charge is 0.130 e. The average Bonchev–Trinajstić information content (AvgIpc) is 2.39. The van der Waals surface area contributed by atoms with Crippen molar-refractivity contribution in [2.24, 2.45) is 0 Å². The number of hydrogen-bond acceptors (Lipinski definition) is 2. The molecule has 0 aromatic heterocycles. The van der Waals surface area contributed by atoms with Gasteiger partial charge in [0.25, 0.3) is 0 Å². The highest BCUT2D eigenvalue weighted by molar-refractivity contribution is 7.98. The molecule has 0 fully saturated rings. The van der Waals surface area contributed by atoms with E-state index >= 15 is 0 Å². The van der Waals surface area contributed by atoms with Crippen molar-refractivity contribution in [2.75, 3.05) is 6.26 Å². The van der Waals surface area contributed by atoms with Crippen molar-refractivity contribution in [3.8, 4) is 0 Å². The Morgan fingerprint density at radius 3 is 2.00 bits per heavy atom. The van der Waals surface area contributed by atoms with Crippen LogP contribution in [0.25, 0.3) is 0 Å². The predicted molar refractivity (Wildman–Crippen MR) is 71.5 cm³/mol. The second-order valence-electron chi connectivity index (χ2n) is 3.33. The minimum absolute atomic E-state index is 0.884. The molecule has 0 saturated heterocycles. The maximum Gasteiger partial charge on any atom is 0.415 e. The summed E-state index contributed by atoms with van der Waals surface area (Å²) in [7, 11) is -1.45. The summed E-state index contributed by atoms with van der Waals surface area (Å²) in [4.78, 5) is 1.19. The second kappa shape index (κ2) is 5.29. The molecule has 1 atom stereocenters. The molecule has 0 radical (unpaired) electrons. The molecule has 0 saturated carbocycles. The Balaban J connectivity index is 2.28. The van der Waals surface area contributed by atoms with Gasteiger partial charge in [-0.05, 0) is 42.7 Å². The molecule has 2 aromatic rings. The van der Waals surface area contributed by atoms with E-state index in [9.17, 15) is 4.57 Å². The Bertz CT molecular complexity index is 479. The lowest BCUT2D eigenvalue weighted by Crippen LogP contribution is -2.05. The molecule has 1 nitrogen and oxygen atoms in total. The van der Waals surface area contributed by atoms with Crippen LogP contribution in [0.5, 0.6) is 0 Å². The minimum atomic E-state index is -1.45. The van der Waals surface area contributed by atoms with Crippen LogP contribution in [0, 0.1) is 0 Å². The first-order valence-electron chi connectivity index (χ1n) is 4.97. The maximum absolute atomic E-state index is 12.2. The molecule has 0 N–H and O–H groups in total. The monoisotopic (exact) mass is 247 g/mol. The largest absolute Gasteiger partial charge is 0.415 e. The predicted octanol–water partition coefficient (Wildman–Crippen LogP) is 3.19. The van der Waals surface area contributed by atoms with Gasteiger partial charge in [0.05, 0.1) is 0 Å². The Hall–Kier alpha value is -1.11. The molecule has 0 aliphatic carbocycles. The molecule has 16 heavy (non-hydrogen) atoms. The highest BCUT2D eigenvalue weighted by atomic mass is 32.2. The van der Waals surface area contributed by atoms with Gasteiger partial charge in [0.15, 0.2) is 10.6 Å². The van der Waals surface area contributed by atoms with Crippen molar-refractivity contribution in [3.05, 3.63) is 54.6 Å². The first-order chi connectivity index (χ1) is 7.81. The lowest BCUT2D eigenvalue weighted by atomic mass is 10.4. The topological polar surface area (TPSA) is 17.1 Å². The van der Waals surface area contributed by atoms with Crippen LogP contribution < -0.4 is 10.6 Å². The molecule has 0 aliphatic rings. The van der Waals surface area contributed by atoms with E-state index in [1.807, 2.05) is 60.9 Å². The Morgan fingerprint density at radius 1 is 0.875 bits per heavy atom. The molecular weight excluding hydrogens is 235 g/mol. The summed E-state index contributed by atoms with van der Waals surface area (Å²) in [6.07, 6.45) is 2.03. The van der Waals surface area contributed by atoms with Crippen LogP contribution in [0.2, 0.25) is 0 Å². The lowest BCUT2D eigenvalue weighted by Gasteiger charge is -1.93. The van der Waals surface area contributed by atoms with Crippen molar-refractivity contribution in [1.82, 2.24) is 0 Å². The quantitative estimate of drug-likeness (QED) is 0.612. The van der Waals surface area contributed by atoms with E-state index in [2.05, 4.69) is 0 Å². The van der Waals surface area contributed by atoms with Crippen LogP contribution in [0.15, 0.2) is 59.5 Å². The van der Waals surface area contributed by atoms with Crippen molar-refractivity contribution in [3.63, 3.8) is 0 Å². The highest BCUT2D eigenvalue weighted by Gasteiger charge is 2.22. The number of hydrogen-bond donors (Lipinski definition) is 0. The third kappa shape index (κ3) is 2.52. The number of benzene rings is 2. The van der Waals surface area contributed by atoms with Gasteiger partial charge in [0.1, 0.15) is 0 Å². The van der Waals surface area contributed by atoms with Gasteiger partial charge in [0, 0.05) is 4.90 Å². The highest BCUT2D eigenvalue weighted by Crippen LogP contribution is 2.21. The van der Waals surface area contributed by atoms with E-state index in [0.29, 0.717) is 0 Å². The van der Waals surface area contributed by atoms with Crippen LogP contribution in [-0.4, -0.2) is 6.26 Å². The summed E-state index contributed by atoms with van der Waals surface area (Å²) in [6, 6.07) is 17.5. The fourth-order valence-corrected chi connectivity index (χ4v) is 3.00. The molecule has 3 heteroatoms. The average molecular weight is 247 g/mol. The number of rotatable bonds is 3. The van der Waals surface area contributed by atoms with Crippen molar-refractivity contribution in [2.45, 2.75) is 4.90 Å². The van der Waals surface area contributed by atoms with Crippen molar-refractivity contribution >= 4 is 30.2 Å². The van der Waals surface area contributed by atoms with Gasteiger partial charge in [-0.2, -0.15) is 0 Å². The van der Waals surface area contributed by atoms with Gasteiger partial charge in [-0.25, -0.2) is 0 Å². The summed E-state index contributed by atoms with van der Waals surface area (Å²) < 4.78 is 12.2. The van der Waals surface area contributed by atoms with Crippen LogP contribution >= 0.6 is 19.6 Å². The van der Waals surface area contributed by atoms with Crippen LogP contribution in [0.3, 0.4) is 0 Å². The SMILES string of the molecule is CSc1ccc([P+](=O)c2ccccc2)cc1. The molecule has 0 bridgehead atoms. The van der Waals surface area contributed by atoms with E-state index in [-0.39, 0.29) is 0 Å². The molecule has 0 amide bonds. The summed E-state index contributed by atoms with van der Waals surface area (Å²) in [5.74, 6) is 0. The molecule has 0 spiro atoms. The van der Waals surface area contributed by atoms with Crippen molar-refractivity contribution in [1.29, 1.82) is 0 Å². The zero-order valence-electron chi connectivity index (χ0n) is 8.96. The van der Waals surface area contributed by atoms with Gasteiger partial charge >= 0.3 is 7.80 Å². The normalized spacial score (nSPS) is 11.2. The standard InChI is InChI=1S/C13H12OPS/c1-16-13-9-7-12(8-10-13)15(14)11-5-3-2-4-6-11/h2-10H,1H3/q+1. The van der Waals surface area contributed by atoms with Gasteiger partial charge < -0.3 is 0 Å². The molecule has 2 rings (SSSR count). The lowest BCUT2D eigenvalue weighted by molar-refractivity contribution is 0.598. The van der Waals surface area contributed by atoms with E-state index in [1.54, 1.807) is 11.8 Å². The zero-order valence-corrected chi connectivity index (χ0v) is 10.7. The molecular formula is C13H12OPS+. The molecule has 0 aliphatic heterocycles. The first kappa shape index (κ1) is 11.4. The fourth-order valence-electron chi connectivity index (χ4n) is 1.43. The second-order valence-corrected chi connectivity index (χ2v) is 5.83. The first-order valence-corrected chi connectivity index (χ1v) is 7.46. The van der Waals surface area contributed by atoms with Crippen LogP contribution in [0.4, 0.5) is 0 Å². The molecule has 1 unspecified atom stereocenters. The van der Waals surface area contributed by atoms with E-state index in [0.717, 1.165) is 10.6 Å². The van der Waals surface area contributed by atoms with Gasteiger partial charge in [-0.15, -0.1) is 11.8 Å². The van der Waals surface area contributed by atoms with Gasteiger partial charge in [0.2, 0.25) is 0 Å².